The third-order valence-corrected chi connectivity index (χ3v) is 3.56. The molecule has 0 spiro atoms. The minimum atomic E-state index is -0.496. The van der Waals surface area contributed by atoms with Crippen LogP contribution in [0.25, 0.3) is 0 Å². The highest BCUT2D eigenvalue weighted by atomic mass is 35.5. The molecule has 0 bridgehead atoms. The number of thioether (sulfide) groups is 1. The van der Waals surface area contributed by atoms with Crippen LogP contribution in [0.3, 0.4) is 0 Å². The van der Waals surface area contributed by atoms with Crippen LogP contribution in [0.15, 0.2) is 29.2 Å². The van der Waals surface area contributed by atoms with Gasteiger partial charge in [-0.3, -0.25) is 4.79 Å². The molecule has 2 atom stereocenters. The highest BCUT2D eigenvalue weighted by molar-refractivity contribution is 7.98. The molecule has 2 unspecified atom stereocenters. The zero-order valence-corrected chi connectivity index (χ0v) is 13.9. The monoisotopic (exact) mass is 318 g/mol. The summed E-state index contributed by atoms with van der Waals surface area (Å²) < 4.78 is 5.60. The van der Waals surface area contributed by atoms with E-state index in [4.69, 9.17) is 4.74 Å². The lowest BCUT2D eigenvalue weighted by Gasteiger charge is -2.17. The predicted octanol–water partition coefficient (Wildman–Crippen LogP) is 2.32. The van der Waals surface area contributed by atoms with Crippen molar-refractivity contribution in [2.75, 3.05) is 19.8 Å². The number of carbonyl (C=O) groups excluding carboxylic acids is 1. The van der Waals surface area contributed by atoms with Gasteiger partial charge in [-0.25, -0.2) is 0 Å². The number of likely N-dealkylation sites (N-methyl/N-ethyl adjacent to an activating group) is 1. The lowest BCUT2D eigenvalue weighted by atomic mass is 10.3. The first-order valence-corrected chi connectivity index (χ1v) is 7.55. The summed E-state index contributed by atoms with van der Waals surface area (Å²) in [5, 5.41) is 5.91. The molecule has 0 aromatic heterocycles. The van der Waals surface area contributed by atoms with Gasteiger partial charge < -0.3 is 15.4 Å². The van der Waals surface area contributed by atoms with Crippen molar-refractivity contribution in [3.63, 3.8) is 0 Å². The van der Waals surface area contributed by atoms with Gasteiger partial charge in [0.1, 0.15) is 5.75 Å². The molecule has 1 aromatic carbocycles. The van der Waals surface area contributed by atoms with Crippen LogP contribution in [-0.4, -0.2) is 37.9 Å². The second-order valence-electron chi connectivity index (χ2n) is 4.37. The van der Waals surface area contributed by atoms with Gasteiger partial charge in [-0.15, -0.1) is 24.2 Å². The van der Waals surface area contributed by atoms with Gasteiger partial charge in [-0.05, 0) is 51.4 Å². The minimum absolute atomic E-state index is 0. The highest BCUT2D eigenvalue weighted by Crippen LogP contribution is 2.19. The zero-order chi connectivity index (χ0) is 14.3. The van der Waals surface area contributed by atoms with Crippen molar-refractivity contribution in [2.45, 2.75) is 30.9 Å². The van der Waals surface area contributed by atoms with Gasteiger partial charge in [0, 0.05) is 17.5 Å². The highest BCUT2D eigenvalue weighted by Gasteiger charge is 2.14. The van der Waals surface area contributed by atoms with Crippen molar-refractivity contribution in [1.82, 2.24) is 10.6 Å². The van der Waals surface area contributed by atoms with Crippen molar-refractivity contribution < 1.29 is 9.53 Å². The van der Waals surface area contributed by atoms with Crippen molar-refractivity contribution in [3.05, 3.63) is 24.3 Å². The number of carbonyl (C=O) groups is 1. The second kappa shape index (κ2) is 9.91. The van der Waals surface area contributed by atoms with E-state index in [9.17, 15) is 4.79 Å². The molecule has 0 saturated carbocycles. The third-order valence-electron chi connectivity index (χ3n) is 2.82. The quantitative estimate of drug-likeness (QED) is 0.758. The van der Waals surface area contributed by atoms with E-state index in [0.29, 0.717) is 12.3 Å². The fraction of sp³-hybridized carbons (Fsp3) is 0.500. The molecule has 2 N–H and O–H groups in total. The predicted molar refractivity (Wildman–Crippen MR) is 87.1 cm³/mol. The summed E-state index contributed by atoms with van der Waals surface area (Å²) in [6.07, 6.45) is 1.53. The van der Waals surface area contributed by atoms with Crippen molar-refractivity contribution >= 4 is 30.1 Å². The Hall–Kier alpha value is -0.910. The smallest absolute Gasteiger partial charge is 0.260 e. The minimum Gasteiger partial charge on any atom is -0.481 e. The average Bonchev–Trinajstić information content (AvgIpc) is 2.44. The van der Waals surface area contributed by atoms with Crippen molar-refractivity contribution in [3.8, 4) is 5.75 Å². The van der Waals surface area contributed by atoms with E-state index in [0.717, 1.165) is 0 Å². The van der Waals surface area contributed by atoms with E-state index >= 15 is 0 Å². The van der Waals surface area contributed by atoms with Gasteiger partial charge >= 0.3 is 0 Å². The van der Waals surface area contributed by atoms with Gasteiger partial charge in [0.2, 0.25) is 0 Å². The molecule has 0 fully saturated rings. The number of benzene rings is 1. The molecule has 4 nitrogen and oxygen atoms in total. The molecule has 0 heterocycles. The van der Waals surface area contributed by atoms with Crippen LogP contribution < -0.4 is 15.4 Å². The molecule has 1 aromatic rings. The maximum absolute atomic E-state index is 11.8. The van der Waals surface area contributed by atoms with Gasteiger partial charge in [-0.1, -0.05) is 0 Å². The molecule has 0 radical (unpaired) electrons. The first-order chi connectivity index (χ1) is 9.06. The molecular formula is C14H23ClN2O2S. The van der Waals surface area contributed by atoms with E-state index < -0.39 is 6.10 Å². The molecule has 6 heteroatoms. The van der Waals surface area contributed by atoms with E-state index in [1.807, 2.05) is 44.5 Å². The molecule has 0 saturated heterocycles. The van der Waals surface area contributed by atoms with Gasteiger partial charge in [-0.2, -0.15) is 0 Å². The Morgan fingerprint density at radius 3 is 2.40 bits per heavy atom. The summed E-state index contributed by atoms with van der Waals surface area (Å²) in [5.41, 5.74) is 0. The lowest BCUT2D eigenvalue weighted by Crippen LogP contribution is -2.42. The Morgan fingerprint density at radius 2 is 1.90 bits per heavy atom. The molecule has 1 rings (SSSR count). The largest absolute Gasteiger partial charge is 0.481 e. The number of rotatable bonds is 7. The van der Waals surface area contributed by atoms with Crippen molar-refractivity contribution in [2.24, 2.45) is 0 Å². The SMILES string of the molecule is CNC(C)CNC(=O)C(C)Oc1ccc(SC)cc1.Cl. The van der Waals surface area contributed by atoms with Crippen LogP contribution in [0.5, 0.6) is 5.75 Å². The average molecular weight is 319 g/mol. The summed E-state index contributed by atoms with van der Waals surface area (Å²) in [5.74, 6) is 0.609. The fourth-order valence-electron chi connectivity index (χ4n) is 1.41. The number of ether oxygens (including phenoxy) is 1. The number of halogens is 1. The van der Waals surface area contributed by atoms with Gasteiger partial charge in [0.25, 0.3) is 5.91 Å². The number of nitrogens with one attached hydrogen (secondary N) is 2. The normalized spacial score (nSPS) is 13.0. The Kier molecular flexibility index (Phi) is 9.46. The molecular weight excluding hydrogens is 296 g/mol. The summed E-state index contributed by atoms with van der Waals surface area (Å²) in [7, 11) is 1.87. The van der Waals surface area contributed by atoms with E-state index in [1.165, 1.54) is 4.90 Å². The van der Waals surface area contributed by atoms with Crippen molar-refractivity contribution in [1.29, 1.82) is 0 Å². The van der Waals surface area contributed by atoms with Crippen LogP contribution in [-0.2, 0) is 4.79 Å². The zero-order valence-electron chi connectivity index (χ0n) is 12.3. The first-order valence-electron chi connectivity index (χ1n) is 6.32. The fourth-order valence-corrected chi connectivity index (χ4v) is 1.82. The molecule has 114 valence electrons. The Bertz CT molecular complexity index is 401. The Labute approximate surface area is 131 Å². The number of amides is 1. The second-order valence-corrected chi connectivity index (χ2v) is 5.25. The topological polar surface area (TPSA) is 50.4 Å². The lowest BCUT2D eigenvalue weighted by molar-refractivity contribution is -0.127. The Morgan fingerprint density at radius 1 is 1.30 bits per heavy atom. The number of hydrogen-bond acceptors (Lipinski definition) is 4. The van der Waals surface area contributed by atoms with E-state index in [2.05, 4.69) is 10.6 Å². The summed E-state index contributed by atoms with van der Waals surface area (Å²) >= 11 is 1.67. The molecule has 0 aliphatic heterocycles. The maximum atomic E-state index is 11.8. The van der Waals surface area contributed by atoms with Gasteiger partial charge in [0.05, 0.1) is 0 Å². The molecule has 0 aliphatic rings. The van der Waals surface area contributed by atoms with Crippen LogP contribution in [0.2, 0.25) is 0 Å². The summed E-state index contributed by atoms with van der Waals surface area (Å²) in [6, 6.07) is 7.97. The van der Waals surface area contributed by atoms with Crippen LogP contribution in [0.1, 0.15) is 13.8 Å². The Balaban J connectivity index is 0.00000361. The third kappa shape index (κ3) is 6.50. The van der Waals surface area contributed by atoms with E-state index in [-0.39, 0.29) is 24.4 Å². The maximum Gasteiger partial charge on any atom is 0.260 e. The van der Waals surface area contributed by atoms with Crippen LogP contribution in [0.4, 0.5) is 0 Å². The van der Waals surface area contributed by atoms with Crippen LogP contribution in [0, 0.1) is 0 Å². The summed E-state index contributed by atoms with van der Waals surface area (Å²) in [6.45, 7) is 4.35. The van der Waals surface area contributed by atoms with Gasteiger partial charge in [0.15, 0.2) is 6.10 Å². The van der Waals surface area contributed by atoms with Crippen LogP contribution >= 0.6 is 24.2 Å². The number of hydrogen-bond donors (Lipinski definition) is 2. The summed E-state index contributed by atoms with van der Waals surface area (Å²) in [4.78, 5) is 13.0. The molecule has 0 aliphatic carbocycles. The first kappa shape index (κ1) is 19.1. The molecule has 1 amide bonds. The standard InChI is InChI=1S/C14H22N2O2S.ClH/c1-10(15-3)9-16-14(17)11(2)18-12-5-7-13(19-4)8-6-12;/h5-8,10-11,15H,9H2,1-4H3,(H,16,17);1H. The van der Waals surface area contributed by atoms with E-state index in [1.54, 1.807) is 18.7 Å². The molecule has 20 heavy (non-hydrogen) atoms.